The fourth-order valence-electron chi connectivity index (χ4n) is 3.97. The number of ether oxygens (including phenoxy) is 2. The zero-order valence-corrected chi connectivity index (χ0v) is 26.0. The molecule has 5 rings (SSSR count). The molecule has 2 N–H and O–H groups in total. The predicted octanol–water partition coefficient (Wildman–Crippen LogP) is 4.84. The lowest BCUT2D eigenvalue weighted by atomic mass is 9.93. The highest BCUT2D eigenvalue weighted by atomic mass is 16.5. The lowest BCUT2D eigenvalue weighted by Crippen LogP contribution is -2.37. The van der Waals surface area contributed by atoms with Crippen LogP contribution in [0.4, 0.5) is 11.5 Å². The van der Waals surface area contributed by atoms with Crippen LogP contribution in [0.15, 0.2) is 53.3 Å². The normalized spacial score (nSPS) is 13.0. The Morgan fingerprint density at radius 2 is 1.84 bits per heavy atom. The molecule has 43 heavy (non-hydrogen) atoms. The Labute approximate surface area is 253 Å². The minimum absolute atomic E-state index is 0.0437. The number of benzene rings is 1. The largest absolute Gasteiger partial charge is 0.490 e. The van der Waals surface area contributed by atoms with E-state index in [9.17, 15) is 4.79 Å². The zero-order valence-electron chi connectivity index (χ0n) is 26.0. The van der Waals surface area contributed by atoms with Crippen molar-refractivity contribution in [3.8, 4) is 17.6 Å². The summed E-state index contributed by atoms with van der Waals surface area (Å²) in [4.78, 5) is 17.3. The van der Waals surface area contributed by atoms with E-state index in [1.807, 2.05) is 45.2 Å². The van der Waals surface area contributed by atoms with Crippen LogP contribution in [0.25, 0.3) is 5.65 Å². The third-order valence-electron chi connectivity index (χ3n) is 6.30. The van der Waals surface area contributed by atoms with Gasteiger partial charge in [0.2, 0.25) is 6.41 Å². The highest BCUT2D eigenvalue weighted by Gasteiger charge is 2.19. The van der Waals surface area contributed by atoms with E-state index in [0.717, 1.165) is 62.1 Å². The number of carbonyl (C=O) groups excluding carboxylic acids is 1. The van der Waals surface area contributed by atoms with Crippen molar-refractivity contribution < 1.29 is 18.8 Å². The number of rotatable bonds is 8. The first-order chi connectivity index (χ1) is 20.9. The summed E-state index contributed by atoms with van der Waals surface area (Å²) in [5.74, 6) is 8.58. The van der Waals surface area contributed by atoms with Gasteiger partial charge in [0.25, 0.3) is 0 Å². The maximum atomic E-state index is 10.5. The molecule has 0 atom stereocenters. The minimum atomic E-state index is 0.0437. The molecule has 1 saturated heterocycles. The van der Waals surface area contributed by atoms with Gasteiger partial charge in [-0.2, -0.15) is 5.10 Å². The fourth-order valence-corrected chi connectivity index (χ4v) is 3.97. The van der Waals surface area contributed by atoms with E-state index in [2.05, 4.69) is 63.4 Å². The summed E-state index contributed by atoms with van der Waals surface area (Å²) >= 11 is 0. The van der Waals surface area contributed by atoms with Gasteiger partial charge in [-0.05, 0) is 36.6 Å². The minimum Gasteiger partial charge on any atom is -0.490 e. The topological polar surface area (TPSA) is 119 Å². The van der Waals surface area contributed by atoms with Crippen LogP contribution in [0.1, 0.15) is 58.1 Å². The van der Waals surface area contributed by atoms with E-state index in [-0.39, 0.29) is 5.41 Å². The summed E-state index contributed by atoms with van der Waals surface area (Å²) < 4.78 is 18.1. The van der Waals surface area contributed by atoms with Crippen molar-refractivity contribution in [1.29, 1.82) is 0 Å². The summed E-state index contributed by atoms with van der Waals surface area (Å²) in [7, 11) is 1.82. The Morgan fingerprint density at radius 3 is 2.47 bits per heavy atom. The van der Waals surface area contributed by atoms with Gasteiger partial charge in [0.05, 0.1) is 32.2 Å². The summed E-state index contributed by atoms with van der Waals surface area (Å²) in [5, 5.41) is 13.7. The molecule has 1 aromatic carbocycles. The maximum Gasteiger partial charge on any atom is 0.211 e. The molecule has 1 amide bonds. The maximum absolute atomic E-state index is 10.5. The van der Waals surface area contributed by atoms with E-state index < -0.39 is 0 Å². The second-order valence-corrected chi connectivity index (χ2v) is 10.4. The lowest BCUT2D eigenvalue weighted by molar-refractivity contribution is -0.105. The van der Waals surface area contributed by atoms with Gasteiger partial charge in [0.1, 0.15) is 11.5 Å². The van der Waals surface area contributed by atoms with Gasteiger partial charge in [0, 0.05) is 55.5 Å². The van der Waals surface area contributed by atoms with Gasteiger partial charge < -0.3 is 24.6 Å². The van der Waals surface area contributed by atoms with Crippen LogP contribution in [0.2, 0.25) is 0 Å². The molecule has 0 unspecified atom stereocenters. The quantitative estimate of drug-likeness (QED) is 0.169. The number of aromatic nitrogens is 4. The number of fused-ring (bicyclic) bond motifs is 1. The van der Waals surface area contributed by atoms with E-state index in [1.165, 1.54) is 0 Å². The first-order valence-corrected chi connectivity index (χ1v) is 14.6. The van der Waals surface area contributed by atoms with E-state index >= 15 is 0 Å². The molecular formula is C32H43N7O4. The van der Waals surface area contributed by atoms with Crippen molar-refractivity contribution in [2.45, 2.75) is 46.5 Å². The molecule has 0 bridgehead atoms. The summed E-state index contributed by atoms with van der Waals surface area (Å²) in [6, 6.07) is 11.0. The number of hydrogen-bond donors (Lipinski definition) is 2. The Kier molecular flexibility index (Phi) is 13.0. The number of imidazole rings is 1. The van der Waals surface area contributed by atoms with Gasteiger partial charge in [0.15, 0.2) is 17.2 Å². The Hall–Kier alpha value is -4.40. The molecule has 230 valence electrons. The van der Waals surface area contributed by atoms with E-state index in [1.54, 1.807) is 29.0 Å². The Bertz CT molecular complexity index is 1460. The van der Waals surface area contributed by atoms with Crippen molar-refractivity contribution in [1.82, 2.24) is 24.7 Å². The van der Waals surface area contributed by atoms with Crippen LogP contribution < -0.4 is 15.4 Å². The number of morpholine rings is 1. The highest BCUT2D eigenvalue weighted by Crippen LogP contribution is 2.24. The van der Waals surface area contributed by atoms with Crippen LogP contribution in [-0.2, 0) is 14.9 Å². The molecule has 3 aromatic heterocycles. The molecule has 1 fully saturated rings. The fraction of sp³-hybridized carbons (Fsp3) is 0.438. The average Bonchev–Trinajstić information content (AvgIpc) is 3.69. The molecular weight excluding hydrogens is 546 g/mol. The van der Waals surface area contributed by atoms with Crippen LogP contribution in [0, 0.1) is 11.8 Å². The Balaban J connectivity index is 0.000000327. The first-order valence-electron chi connectivity index (χ1n) is 14.6. The number of amides is 1. The van der Waals surface area contributed by atoms with Crippen LogP contribution >= 0.6 is 0 Å². The SMILES string of the molecule is CC.CNc1cc(C(C)(C)C)on1.O=CNc1ccc(C#Cc2cnc3c(OCCCN4CCOCC4)ccnn23)cc1. The van der Waals surface area contributed by atoms with E-state index in [4.69, 9.17) is 14.0 Å². The van der Waals surface area contributed by atoms with Crippen LogP contribution in [-0.4, -0.2) is 77.6 Å². The monoisotopic (exact) mass is 589 g/mol. The van der Waals surface area contributed by atoms with Gasteiger partial charge in [-0.25, -0.2) is 9.50 Å². The molecule has 11 heteroatoms. The van der Waals surface area contributed by atoms with Gasteiger partial charge >= 0.3 is 0 Å². The van der Waals surface area contributed by atoms with E-state index in [0.29, 0.717) is 30.1 Å². The number of nitrogens with zero attached hydrogens (tertiary/aromatic N) is 5. The van der Waals surface area contributed by atoms with Crippen molar-refractivity contribution in [3.63, 3.8) is 0 Å². The third-order valence-corrected chi connectivity index (χ3v) is 6.30. The molecule has 11 nitrogen and oxygen atoms in total. The number of carbonyl (C=O) groups is 1. The standard InChI is InChI=1S/C22H23N5O3.C8H14N2O.C2H6/c28-17-24-19-5-2-18(3-6-19)4-7-20-16-23-22-21(8-9-25-27(20)22)30-13-1-10-26-11-14-29-15-12-26;1-8(2,3)6-5-7(9-4)10-11-6;1-2/h2-3,5-6,8-9,16-17H,1,10-15H2,(H,24,28);5H,1-4H3,(H,9,10);1-2H3. The number of nitrogens with one attached hydrogen (secondary N) is 2. The summed E-state index contributed by atoms with van der Waals surface area (Å²) in [6.45, 7) is 15.5. The second kappa shape index (κ2) is 16.9. The second-order valence-electron chi connectivity index (χ2n) is 10.4. The Morgan fingerprint density at radius 1 is 1.09 bits per heavy atom. The van der Waals surface area contributed by atoms with Crippen LogP contribution in [0.5, 0.6) is 5.75 Å². The molecule has 0 spiro atoms. The van der Waals surface area contributed by atoms with Crippen molar-refractivity contribution in [2.24, 2.45) is 0 Å². The molecule has 1 aliphatic rings. The van der Waals surface area contributed by atoms with Gasteiger partial charge in [-0.15, -0.1) is 0 Å². The number of anilines is 2. The molecule has 4 heterocycles. The zero-order chi connectivity index (χ0) is 31.1. The number of hydrogen-bond acceptors (Lipinski definition) is 9. The highest BCUT2D eigenvalue weighted by molar-refractivity contribution is 5.71. The van der Waals surface area contributed by atoms with Gasteiger partial charge in [-0.1, -0.05) is 45.7 Å². The molecule has 0 aliphatic carbocycles. The van der Waals surface area contributed by atoms with Gasteiger partial charge in [-0.3, -0.25) is 9.69 Å². The molecule has 0 saturated carbocycles. The van der Waals surface area contributed by atoms with Crippen molar-refractivity contribution in [2.75, 3.05) is 57.1 Å². The average molecular weight is 590 g/mol. The third kappa shape index (κ3) is 10.1. The molecule has 0 radical (unpaired) electrons. The van der Waals surface area contributed by atoms with Crippen molar-refractivity contribution >= 4 is 23.6 Å². The van der Waals surface area contributed by atoms with Crippen LogP contribution in [0.3, 0.4) is 0 Å². The molecule has 1 aliphatic heterocycles. The predicted molar refractivity (Wildman–Crippen MR) is 169 cm³/mol. The summed E-state index contributed by atoms with van der Waals surface area (Å²) in [6.07, 6.45) is 4.97. The summed E-state index contributed by atoms with van der Waals surface area (Å²) in [5.41, 5.74) is 2.93. The van der Waals surface area contributed by atoms with Crippen molar-refractivity contribution in [3.05, 3.63) is 65.8 Å². The molecule has 4 aromatic rings. The first kappa shape index (κ1) is 33.1. The lowest BCUT2D eigenvalue weighted by Gasteiger charge is -2.26. The smallest absolute Gasteiger partial charge is 0.211 e.